The molecule has 0 aliphatic heterocycles. The first kappa shape index (κ1) is 29.6. The molecule has 0 saturated heterocycles. The third kappa shape index (κ3) is 6.36. The van der Waals surface area contributed by atoms with Crippen molar-refractivity contribution >= 4 is 28.2 Å². The van der Waals surface area contributed by atoms with Gasteiger partial charge in [0.1, 0.15) is 11.5 Å². The molecule has 0 aliphatic carbocycles. The highest BCUT2D eigenvalue weighted by atomic mass is 28.4. The number of ketones is 2. The van der Waals surface area contributed by atoms with Gasteiger partial charge in [-0.1, -0.05) is 102 Å². The van der Waals surface area contributed by atoms with Gasteiger partial charge in [-0.2, -0.15) is 0 Å². The normalized spacial score (nSPS) is 12.7. The topological polar surface area (TPSA) is 52.6 Å². The molecule has 3 aromatic rings. The smallest absolute Gasteiger partial charge is 0.250 e. The Morgan fingerprint density at radius 1 is 0.553 bits per heavy atom. The summed E-state index contributed by atoms with van der Waals surface area (Å²) < 4.78 is 13.5. The molecular weight excluding hydrogens is 505 g/mol. The van der Waals surface area contributed by atoms with Crippen LogP contribution in [0.4, 0.5) is 0 Å². The SMILES string of the molecule is CC(C)(C)[Si](C)(C)Oc1cc(C(=O)c2ccccc2)c(O[Si](C)(C)C(C)(C)C)cc1C(=O)c1ccccc1. The van der Waals surface area contributed by atoms with E-state index in [0.29, 0.717) is 33.8 Å². The number of carbonyl (C=O) groups excluding carboxylic acids is 2. The van der Waals surface area contributed by atoms with Crippen molar-refractivity contribution in [2.24, 2.45) is 0 Å². The summed E-state index contributed by atoms with van der Waals surface area (Å²) in [6, 6.07) is 21.9. The Kier molecular flexibility index (Phi) is 8.30. The van der Waals surface area contributed by atoms with Crippen LogP contribution in [-0.2, 0) is 0 Å². The maximum Gasteiger partial charge on any atom is 0.250 e. The fourth-order valence-electron chi connectivity index (χ4n) is 3.43. The third-order valence-corrected chi connectivity index (χ3v) is 16.7. The molecule has 3 rings (SSSR count). The van der Waals surface area contributed by atoms with E-state index in [4.69, 9.17) is 8.85 Å². The van der Waals surface area contributed by atoms with Crippen LogP contribution in [0.2, 0.25) is 36.3 Å². The van der Waals surface area contributed by atoms with Gasteiger partial charge in [-0.3, -0.25) is 9.59 Å². The van der Waals surface area contributed by atoms with E-state index in [0.717, 1.165) is 0 Å². The predicted octanol–water partition coefficient (Wildman–Crippen LogP) is 8.92. The van der Waals surface area contributed by atoms with E-state index in [1.807, 2.05) is 36.4 Å². The standard InChI is InChI=1S/C32H42O4Si2/c1-31(2,3)37(7,8)35-27-21-26(30(34)24-19-15-12-16-20-24)28(36-38(9,10)32(4,5)6)22-25(27)29(33)23-17-13-11-14-18-23/h11-22H,1-10H3. The largest absolute Gasteiger partial charge is 0.543 e. The molecule has 0 N–H and O–H groups in total. The molecule has 0 aromatic heterocycles. The van der Waals surface area contributed by atoms with Gasteiger partial charge in [0.25, 0.3) is 16.6 Å². The maximum absolute atomic E-state index is 13.9. The molecule has 202 valence electrons. The van der Waals surface area contributed by atoms with Crippen molar-refractivity contribution in [2.75, 3.05) is 0 Å². The Labute approximate surface area is 230 Å². The van der Waals surface area contributed by atoms with E-state index >= 15 is 0 Å². The van der Waals surface area contributed by atoms with Crippen LogP contribution in [0.1, 0.15) is 73.4 Å². The predicted molar refractivity (Wildman–Crippen MR) is 162 cm³/mol. The summed E-state index contributed by atoms with van der Waals surface area (Å²) in [5.74, 6) is 0.566. The van der Waals surface area contributed by atoms with Crippen molar-refractivity contribution in [3.63, 3.8) is 0 Å². The number of rotatable bonds is 8. The summed E-state index contributed by atoms with van der Waals surface area (Å²) in [7, 11) is -4.70. The van der Waals surface area contributed by atoms with Crippen LogP contribution in [0.25, 0.3) is 0 Å². The molecule has 0 radical (unpaired) electrons. The lowest BCUT2D eigenvalue weighted by atomic mass is 9.96. The van der Waals surface area contributed by atoms with E-state index in [-0.39, 0.29) is 21.6 Å². The molecule has 6 heteroatoms. The van der Waals surface area contributed by atoms with Crippen LogP contribution in [0.3, 0.4) is 0 Å². The number of benzene rings is 3. The van der Waals surface area contributed by atoms with Gasteiger partial charge in [0.15, 0.2) is 11.6 Å². The molecule has 38 heavy (non-hydrogen) atoms. The van der Waals surface area contributed by atoms with E-state index in [2.05, 4.69) is 67.7 Å². The Morgan fingerprint density at radius 3 is 1.11 bits per heavy atom. The summed E-state index contributed by atoms with van der Waals surface area (Å²) in [4.78, 5) is 27.7. The Balaban J connectivity index is 2.31. The quantitative estimate of drug-likeness (QED) is 0.209. The first-order chi connectivity index (χ1) is 17.4. The zero-order chi connectivity index (χ0) is 28.5. The number of carbonyl (C=O) groups is 2. The van der Waals surface area contributed by atoms with Gasteiger partial charge < -0.3 is 8.85 Å². The van der Waals surface area contributed by atoms with Crippen LogP contribution < -0.4 is 8.85 Å². The van der Waals surface area contributed by atoms with E-state index in [1.54, 1.807) is 36.4 Å². The van der Waals surface area contributed by atoms with Gasteiger partial charge in [0.05, 0.1) is 11.1 Å². The van der Waals surface area contributed by atoms with Crippen molar-refractivity contribution < 1.29 is 18.4 Å². The van der Waals surface area contributed by atoms with Crippen LogP contribution in [0.5, 0.6) is 11.5 Å². The first-order valence-electron chi connectivity index (χ1n) is 13.2. The highest BCUT2D eigenvalue weighted by molar-refractivity contribution is 6.75. The van der Waals surface area contributed by atoms with Gasteiger partial charge in [0.2, 0.25) is 0 Å². The minimum atomic E-state index is -2.35. The average molecular weight is 547 g/mol. The monoisotopic (exact) mass is 546 g/mol. The Bertz CT molecular complexity index is 1200. The second-order valence-corrected chi connectivity index (χ2v) is 22.4. The molecule has 0 fully saturated rings. The zero-order valence-electron chi connectivity index (χ0n) is 24.6. The molecule has 3 aromatic carbocycles. The molecule has 0 amide bonds. The van der Waals surface area contributed by atoms with Gasteiger partial charge in [-0.15, -0.1) is 0 Å². The summed E-state index contributed by atoms with van der Waals surface area (Å²) in [6.45, 7) is 21.5. The summed E-state index contributed by atoms with van der Waals surface area (Å²) in [6.07, 6.45) is 0. The summed E-state index contributed by atoms with van der Waals surface area (Å²) >= 11 is 0. The van der Waals surface area contributed by atoms with Crippen LogP contribution >= 0.6 is 0 Å². The highest BCUT2D eigenvalue weighted by Gasteiger charge is 2.42. The second kappa shape index (κ2) is 10.7. The van der Waals surface area contributed by atoms with Crippen molar-refractivity contribution in [3.8, 4) is 11.5 Å². The van der Waals surface area contributed by atoms with Crippen LogP contribution in [0.15, 0.2) is 72.8 Å². The van der Waals surface area contributed by atoms with Crippen molar-refractivity contribution in [2.45, 2.75) is 77.8 Å². The van der Waals surface area contributed by atoms with Crippen LogP contribution in [0, 0.1) is 0 Å². The second-order valence-electron chi connectivity index (χ2n) is 13.0. The lowest BCUT2D eigenvalue weighted by Crippen LogP contribution is -2.45. The van der Waals surface area contributed by atoms with Crippen LogP contribution in [-0.4, -0.2) is 28.2 Å². The van der Waals surface area contributed by atoms with Gasteiger partial charge in [-0.25, -0.2) is 0 Å². The highest BCUT2D eigenvalue weighted by Crippen LogP contribution is 2.43. The lowest BCUT2D eigenvalue weighted by Gasteiger charge is -2.38. The molecular formula is C32H42O4Si2. The average Bonchev–Trinajstić information content (AvgIpc) is 2.83. The van der Waals surface area contributed by atoms with Crippen molar-refractivity contribution in [3.05, 3.63) is 95.1 Å². The molecule has 0 unspecified atom stereocenters. The van der Waals surface area contributed by atoms with E-state index in [1.165, 1.54) is 0 Å². The lowest BCUT2D eigenvalue weighted by molar-refractivity contribution is 0.102. The molecule has 0 saturated carbocycles. The van der Waals surface area contributed by atoms with Crippen molar-refractivity contribution in [1.82, 2.24) is 0 Å². The fraction of sp³-hybridized carbons (Fsp3) is 0.375. The van der Waals surface area contributed by atoms with Gasteiger partial charge in [-0.05, 0) is 48.4 Å². The number of hydrogen-bond acceptors (Lipinski definition) is 4. The Hall–Kier alpha value is -2.97. The summed E-state index contributed by atoms with van der Waals surface area (Å²) in [5, 5.41) is -0.194. The van der Waals surface area contributed by atoms with E-state index in [9.17, 15) is 9.59 Å². The third-order valence-electron chi connectivity index (χ3n) is 7.99. The molecule has 0 atom stereocenters. The first-order valence-corrected chi connectivity index (χ1v) is 19.0. The fourth-order valence-corrected chi connectivity index (χ4v) is 5.48. The minimum Gasteiger partial charge on any atom is -0.543 e. The Morgan fingerprint density at radius 2 is 0.842 bits per heavy atom. The van der Waals surface area contributed by atoms with E-state index < -0.39 is 16.6 Å². The maximum atomic E-state index is 13.9. The summed E-state index contributed by atoms with van der Waals surface area (Å²) in [5.41, 5.74) is 1.96. The van der Waals surface area contributed by atoms with Crippen molar-refractivity contribution in [1.29, 1.82) is 0 Å². The minimum absolute atomic E-state index is 0.0972. The molecule has 4 nitrogen and oxygen atoms in total. The van der Waals surface area contributed by atoms with Gasteiger partial charge >= 0.3 is 0 Å². The zero-order valence-corrected chi connectivity index (χ0v) is 26.6. The molecule has 0 spiro atoms. The number of hydrogen-bond donors (Lipinski definition) is 0. The molecule has 0 aliphatic rings. The molecule has 0 heterocycles. The molecule has 0 bridgehead atoms. The van der Waals surface area contributed by atoms with Gasteiger partial charge in [0, 0.05) is 11.1 Å².